The van der Waals surface area contributed by atoms with Gasteiger partial charge in [-0.05, 0) is 32.5 Å². The van der Waals surface area contributed by atoms with Gasteiger partial charge >= 0.3 is 0 Å². The summed E-state index contributed by atoms with van der Waals surface area (Å²) in [5.74, 6) is 0. The van der Waals surface area contributed by atoms with Gasteiger partial charge in [-0.25, -0.2) is 0 Å². The lowest BCUT2D eigenvalue weighted by Crippen LogP contribution is -2.47. The second-order valence-corrected chi connectivity index (χ2v) is 5.56. The highest BCUT2D eigenvalue weighted by Gasteiger charge is 2.18. The minimum atomic E-state index is 0.911. The lowest BCUT2D eigenvalue weighted by atomic mass is 10.1. The molecule has 20 heavy (non-hydrogen) atoms. The summed E-state index contributed by atoms with van der Waals surface area (Å²) in [4.78, 5) is 9.54. The Morgan fingerprint density at radius 1 is 1.20 bits per heavy atom. The van der Waals surface area contributed by atoms with Crippen LogP contribution in [0.15, 0.2) is 12.3 Å². The third-order valence-corrected chi connectivity index (χ3v) is 3.92. The summed E-state index contributed by atoms with van der Waals surface area (Å²) in [7, 11) is 0. The molecule has 0 aliphatic carbocycles. The predicted molar refractivity (Wildman–Crippen MR) is 85.3 cm³/mol. The molecule has 112 valence electrons. The predicted octanol–water partition coefficient (Wildman–Crippen LogP) is 2.03. The van der Waals surface area contributed by atoms with Crippen molar-refractivity contribution in [2.75, 3.05) is 44.2 Å². The monoisotopic (exact) mass is 276 g/mol. The van der Waals surface area contributed by atoms with Crippen LogP contribution in [0.5, 0.6) is 0 Å². The van der Waals surface area contributed by atoms with Crippen molar-refractivity contribution >= 4 is 5.69 Å². The van der Waals surface area contributed by atoms with Crippen LogP contribution in [0.4, 0.5) is 5.69 Å². The number of piperazine rings is 1. The van der Waals surface area contributed by atoms with Gasteiger partial charge in [0, 0.05) is 55.9 Å². The smallest absolute Gasteiger partial charge is 0.0446 e. The average Bonchev–Trinajstić information content (AvgIpc) is 2.47. The molecular weight excluding hydrogens is 248 g/mol. The van der Waals surface area contributed by atoms with E-state index in [9.17, 15) is 0 Å². The minimum absolute atomic E-state index is 0.911. The third-order valence-electron chi connectivity index (χ3n) is 3.92. The van der Waals surface area contributed by atoms with E-state index in [2.05, 4.69) is 46.9 Å². The lowest BCUT2D eigenvalue weighted by molar-refractivity contribution is 0.258. The molecule has 1 aromatic heterocycles. The molecule has 0 spiro atoms. The average molecular weight is 276 g/mol. The van der Waals surface area contributed by atoms with Gasteiger partial charge in [0.1, 0.15) is 0 Å². The molecule has 0 amide bonds. The van der Waals surface area contributed by atoms with Gasteiger partial charge in [0.05, 0.1) is 0 Å². The molecule has 0 radical (unpaired) electrons. The zero-order valence-corrected chi connectivity index (χ0v) is 13.2. The molecule has 1 aromatic rings. The van der Waals surface area contributed by atoms with Crippen LogP contribution in [0.1, 0.15) is 31.5 Å². The van der Waals surface area contributed by atoms with Crippen LogP contribution in [0.25, 0.3) is 0 Å². The van der Waals surface area contributed by atoms with Crippen LogP contribution < -0.4 is 10.2 Å². The van der Waals surface area contributed by atoms with Crippen molar-refractivity contribution in [3.05, 3.63) is 23.5 Å². The fraction of sp³-hybridized carbons (Fsp3) is 0.688. The quantitative estimate of drug-likeness (QED) is 0.861. The van der Waals surface area contributed by atoms with E-state index in [1.807, 2.05) is 6.20 Å². The first-order valence-corrected chi connectivity index (χ1v) is 7.88. The molecule has 2 rings (SSSR count). The maximum atomic E-state index is 4.45. The van der Waals surface area contributed by atoms with Gasteiger partial charge in [-0.3, -0.25) is 9.88 Å². The van der Waals surface area contributed by atoms with E-state index in [1.54, 1.807) is 0 Å². The number of pyridine rings is 1. The molecule has 2 heterocycles. The van der Waals surface area contributed by atoms with Crippen molar-refractivity contribution < 1.29 is 0 Å². The Labute approximate surface area is 123 Å². The molecule has 4 nitrogen and oxygen atoms in total. The summed E-state index contributed by atoms with van der Waals surface area (Å²) in [6, 6.07) is 2.24. The molecule has 0 atom stereocenters. The van der Waals surface area contributed by atoms with Crippen molar-refractivity contribution in [2.45, 2.75) is 33.7 Å². The van der Waals surface area contributed by atoms with Crippen LogP contribution in [0, 0.1) is 6.92 Å². The van der Waals surface area contributed by atoms with E-state index in [1.165, 1.54) is 37.3 Å². The van der Waals surface area contributed by atoms with Crippen molar-refractivity contribution in [1.82, 2.24) is 15.2 Å². The summed E-state index contributed by atoms with van der Waals surface area (Å²) < 4.78 is 0. The van der Waals surface area contributed by atoms with E-state index in [-0.39, 0.29) is 0 Å². The van der Waals surface area contributed by atoms with Crippen LogP contribution >= 0.6 is 0 Å². The van der Waals surface area contributed by atoms with E-state index in [0.717, 1.165) is 31.9 Å². The van der Waals surface area contributed by atoms with E-state index in [0.29, 0.717) is 0 Å². The lowest BCUT2D eigenvalue weighted by Gasteiger charge is -2.37. The highest BCUT2D eigenvalue weighted by Crippen LogP contribution is 2.22. The zero-order chi connectivity index (χ0) is 14.4. The van der Waals surface area contributed by atoms with E-state index >= 15 is 0 Å². The van der Waals surface area contributed by atoms with Gasteiger partial charge in [0.25, 0.3) is 0 Å². The van der Waals surface area contributed by atoms with Crippen molar-refractivity contribution in [1.29, 1.82) is 0 Å². The molecule has 0 unspecified atom stereocenters. The number of hydrogen-bond acceptors (Lipinski definition) is 4. The normalized spacial score (nSPS) is 16.6. The summed E-state index contributed by atoms with van der Waals surface area (Å²) in [6.45, 7) is 14.2. The highest BCUT2D eigenvalue weighted by atomic mass is 15.3. The number of nitrogens with one attached hydrogen (secondary N) is 1. The topological polar surface area (TPSA) is 31.4 Å². The Balaban J connectivity index is 2.05. The molecular formula is C16H28N4. The fourth-order valence-electron chi connectivity index (χ4n) is 2.79. The van der Waals surface area contributed by atoms with Crippen LogP contribution in [0.3, 0.4) is 0 Å². The number of anilines is 1. The Hall–Kier alpha value is -1.13. The largest absolute Gasteiger partial charge is 0.369 e. The molecule has 4 heteroatoms. The summed E-state index contributed by atoms with van der Waals surface area (Å²) in [5, 5.41) is 3.42. The molecule has 0 aromatic carbocycles. The molecule has 0 saturated carbocycles. The second-order valence-electron chi connectivity index (χ2n) is 5.56. The van der Waals surface area contributed by atoms with Crippen molar-refractivity contribution in [2.24, 2.45) is 0 Å². The van der Waals surface area contributed by atoms with Crippen LogP contribution in [-0.4, -0.2) is 49.2 Å². The number of rotatable bonds is 6. The number of aryl methyl sites for hydroxylation is 1. The molecule has 1 saturated heterocycles. The number of aromatic nitrogens is 1. The molecule has 1 aliphatic heterocycles. The first-order valence-electron chi connectivity index (χ1n) is 7.88. The van der Waals surface area contributed by atoms with Gasteiger partial charge in [0.2, 0.25) is 0 Å². The van der Waals surface area contributed by atoms with E-state index < -0.39 is 0 Å². The summed E-state index contributed by atoms with van der Waals surface area (Å²) in [6.07, 6.45) is 3.28. The van der Waals surface area contributed by atoms with Gasteiger partial charge in [-0.15, -0.1) is 0 Å². The summed E-state index contributed by atoms with van der Waals surface area (Å²) >= 11 is 0. The van der Waals surface area contributed by atoms with Gasteiger partial charge in [-0.1, -0.05) is 13.8 Å². The van der Waals surface area contributed by atoms with Gasteiger partial charge in [0.15, 0.2) is 0 Å². The van der Waals surface area contributed by atoms with Crippen molar-refractivity contribution in [3.8, 4) is 0 Å². The zero-order valence-electron chi connectivity index (χ0n) is 13.2. The van der Waals surface area contributed by atoms with E-state index in [4.69, 9.17) is 0 Å². The fourth-order valence-corrected chi connectivity index (χ4v) is 2.79. The Bertz CT molecular complexity index is 411. The number of hydrogen-bond donors (Lipinski definition) is 1. The second kappa shape index (κ2) is 7.60. The maximum Gasteiger partial charge on any atom is 0.0446 e. The van der Waals surface area contributed by atoms with Crippen molar-refractivity contribution in [3.63, 3.8) is 0 Å². The number of nitrogens with zero attached hydrogens (tertiary/aromatic N) is 3. The first kappa shape index (κ1) is 15.3. The van der Waals surface area contributed by atoms with Crippen LogP contribution in [-0.2, 0) is 6.54 Å². The highest BCUT2D eigenvalue weighted by molar-refractivity contribution is 5.54. The third kappa shape index (κ3) is 3.93. The molecule has 1 fully saturated rings. The Morgan fingerprint density at radius 2 is 1.95 bits per heavy atom. The maximum absolute atomic E-state index is 4.45. The molecule has 1 N–H and O–H groups in total. The SMILES string of the molecule is CCCN1CCN(c2cc(C)ncc2CNCC)CC1. The summed E-state index contributed by atoms with van der Waals surface area (Å²) in [5.41, 5.74) is 3.80. The van der Waals surface area contributed by atoms with Gasteiger partial charge < -0.3 is 10.2 Å². The first-order chi connectivity index (χ1) is 9.74. The Kier molecular flexibility index (Phi) is 5.80. The minimum Gasteiger partial charge on any atom is -0.369 e. The molecule has 0 bridgehead atoms. The standard InChI is InChI=1S/C16H28N4/c1-4-6-19-7-9-20(10-8-19)16-11-14(3)18-13-15(16)12-17-5-2/h11,13,17H,4-10,12H2,1-3H3. The molecule has 1 aliphatic rings. The Morgan fingerprint density at radius 3 is 2.60 bits per heavy atom. The van der Waals surface area contributed by atoms with Gasteiger partial charge in [-0.2, -0.15) is 0 Å². The van der Waals surface area contributed by atoms with Crippen LogP contribution in [0.2, 0.25) is 0 Å².